The third-order valence-corrected chi connectivity index (χ3v) is 15.4. The summed E-state index contributed by atoms with van der Waals surface area (Å²) >= 11 is 0. The average molecular weight is 871 g/mol. The summed E-state index contributed by atoms with van der Waals surface area (Å²) in [4.78, 5) is 5.27. The summed E-state index contributed by atoms with van der Waals surface area (Å²) in [5, 5.41) is 0. The van der Waals surface area contributed by atoms with E-state index in [2.05, 4.69) is 255 Å². The Kier molecular flexibility index (Phi) is 9.95. The minimum atomic E-state index is -0.131. The molecule has 67 heavy (non-hydrogen) atoms. The standard InChI is InChI=1S/C64H63BN2/c1-61(2,3)47-29-33-55(50(37-47)45-24-18-13-19-25-45)67-57-41-52-51(63(7,8)34-35-64(52,9)10)40-54(57)65-53-36-46(43-22-16-12-17-23-43)28-32-56(53)66(58-38-48(62(4,5)6)39-59(67)60(58)65)49-30-26-44(27-31-49)42-20-14-11-15-21-42/h11-33,36-41H,34-35H2,1-10H3. The van der Waals surface area contributed by atoms with Crippen LogP contribution in [0.1, 0.15) is 104 Å². The summed E-state index contributed by atoms with van der Waals surface area (Å²) in [5.74, 6) is 0. The molecular formula is C64H63BN2. The van der Waals surface area contributed by atoms with Gasteiger partial charge in [-0.3, -0.25) is 0 Å². The molecule has 2 nitrogen and oxygen atoms in total. The highest BCUT2D eigenvalue weighted by Gasteiger charge is 2.47. The number of anilines is 6. The van der Waals surface area contributed by atoms with Gasteiger partial charge in [-0.25, -0.2) is 0 Å². The fraction of sp³-hybridized carbons (Fsp3) is 0.250. The molecular weight excluding hydrogens is 808 g/mol. The second-order valence-corrected chi connectivity index (χ2v) is 22.9. The lowest BCUT2D eigenvalue weighted by Gasteiger charge is -2.48. The average Bonchev–Trinajstić information content (AvgIpc) is 3.32. The van der Waals surface area contributed by atoms with Crippen molar-refractivity contribution in [3.63, 3.8) is 0 Å². The Hall–Kier alpha value is -6.58. The first kappa shape index (κ1) is 43.0. The summed E-state index contributed by atoms with van der Waals surface area (Å²) in [6, 6.07) is 67.0. The van der Waals surface area contributed by atoms with Crippen molar-refractivity contribution in [1.29, 1.82) is 0 Å². The van der Waals surface area contributed by atoms with Gasteiger partial charge >= 0.3 is 0 Å². The Bertz CT molecular complexity index is 3190. The lowest BCUT2D eigenvalue weighted by Crippen LogP contribution is -2.62. The van der Waals surface area contributed by atoms with Crippen molar-refractivity contribution in [3.8, 4) is 33.4 Å². The monoisotopic (exact) mass is 871 g/mol. The molecule has 0 spiro atoms. The molecule has 0 saturated carbocycles. The van der Waals surface area contributed by atoms with Crippen LogP contribution in [0.3, 0.4) is 0 Å². The summed E-state index contributed by atoms with van der Waals surface area (Å²) in [6.07, 6.45) is 2.31. The zero-order valence-corrected chi connectivity index (χ0v) is 41.1. The molecule has 0 unspecified atom stereocenters. The third kappa shape index (κ3) is 7.25. The number of hydrogen-bond donors (Lipinski definition) is 0. The number of benzene rings is 8. The molecule has 8 aromatic carbocycles. The summed E-state index contributed by atoms with van der Waals surface area (Å²) < 4.78 is 0. The number of fused-ring (bicyclic) bond motifs is 5. The van der Waals surface area contributed by atoms with Gasteiger partial charge in [-0.05, 0) is 149 Å². The van der Waals surface area contributed by atoms with Crippen LogP contribution in [-0.4, -0.2) is 6.71 Å². The maximum absolute atomic E-state index is 2.69. The van der Waals surface area contributed by atoms with Crippen LogP contribution in [0.4, 0.5) is 34.1 Å². The predicted molar refractivity (Wildman–Crippen MR) is 289 cm³/mol. The van der Waals surface area contributed by atoms with Crippen LogP contribution >= 0.6 is 0 Å². The van der Waals surface area contributed by atoms with Gasteiger partial charge in [0.2, 0.25) is 0 Å². The van der Waals surface area contributed by atoms with Crippen LogP contribution in [-0.2, 0) is 21.7 Å². The molecule has 11 rings (SSSR count). The van der Waals surface area contributed by atoms with E-state index < -0.39 is 0 Å². The minimum absolute atomic E-state index is 0.0102. The van der Waals surface area contributed by atoms with Crippen molar-refractivity contribution in [3.05, 3.63) is 198 Å². The fourth-order valence-electron chi connectivity index (χ4n) is 11.3. The molecule has 8 aromatic rings. The van der Waals surface area contributed by atoms with Crippen LogP contribution in [0.15, 0.2) is 176 Å². The zero-order valence-electron chi connectivity index (χ0n) is 41.1. The van der Waals surface area contributed by atoms with Gasteiger partial charge in [-0.15, -0.1) is 0 Å². The highest BCUT2D eigenvalue weighted by Crippen LogP contribution is 2.52. The van der Waals surface area contributed by atoms with Crippen LogP contribution in [0.5, 0.6) is 0 Å². The molecule has 0 radical (unpaired) electrons. The Morgan fingerprint density at radius 3 is 1.45 bits per heavy atom. The molecule has 0 bridgehead atoms. The molecule has 0 saturated heterocycles. The van der Waals surface area contributed by atoms with E-state index in [4.69, 9.17) is 0 Å². The van der Waals surface area contributed by atoms with Gasteiger partial charge in [-0.2, -0.15) is 0 Å². The van der Waals surface area contributed by atoms with Gasteiger partial charge in [-0.1, -0.05) is 197 Å². The highest BCUT2D eigenvalue weighted by atomic mass is 15.2. The van der Waals surface area contributed by atoms with Crippen LogP contribution in [0.2, 0.25) is 0 Å². The lowest BCUT2D eigenvalue weighted by atomic mass is 9.33. The van der Waals surface area contributed by atoms with Crippen molar-refractivity contribution >= 4 is 57.2 Å². The van der Waals surface area contributed by atoms with Crippen molar-refractivity contribution in [2.45, 2.75) is 104 Å². The van der Waals surface area contributed by atoms with Crippen LogP contribution < -0.4 is 26.2 Å². The summed E-state index contributed by atoms with van der Waals surface area (Å²) in [6.45, 7) is 24.0. The Balaban J connectivity index is 1.28. The smallest absolute Gasteiger partial charge is 0.252 e. The largest absolute Gasteiger partial charge is 0.311 e. The molecule has 0 amide bonds. The second kappa shape index (κ2) is 15.5. The minimum Gasteiger partial charge on any atom is -0.311 e. The van der Waals surface area contributed by atoms with Gasteiger partial charge in [0.1, 0.15) is 0 Å². The fourth-order valence-corrected chi connectivity index (χ4v) is 11.3. The van der Waals surface area contributed by atoms with E-state index >= 15 is 0 Å². The SMILES string of the molecule is CC(C)(C)c1ccc(N2c3cc4c(cc3B3c5cc(-c6ccccc6)ccc5N(c5ccc(-c6ccccc6)cc5)c5cc(C(C)(C)C)cc2c53)C(C)(C)CCC4(C)C)c(-c2ccccc2)c1. The maximum atomic E-state index is 2.69. The first-order valence-electron chi connectivity index (χ1n) is 24.5. The van der Waals surface area contributed by atoms with E-state index in [1.54, 1.807) is 0 Å². The maximum Gasteiger partial charge on any atom is 0.252 e. The van der Waals surface area contributed by atoms with Gasteiger partial charge in [0.25, 0.3) is 6.71 Å². The van der Waals surface area contributed by atoms with Crippen LogP contribution in [0.25, 0.3) is 33.4 Å². The van der Waals surface area contributed by atoms with Crippen molar-refractivity contribution in [2.75, 3.05) is 9.80 Å². The van der Waals surface area contributed by atoms with Crippen molar-refractivity contribution in [1.82, 2.24) is 0 Å². The van der Waals surface area contributed by atoms with Gasteiger partial charge in [0.15, 0.2) is 0 Å². The highest BCUT2D eigenvalue weighted by molar-refractivity contribution is 7.00. The lowest BCUT2D eigenvalue weighted by molar-refractivity contribution is 0.332. The van der Waals surface area contributed by atoms with Gasteiger partial charge in [0.05, 0.1) is 5.69 Å². The first-order chi connectivity index (χ1) is 32.0. The van der Waals surface area contributed by atoms with E-state index in [1.807, 2.05) is 0 Å². The first-order valence-corrected chi connectivity index (χ1v) is 24.5. The van der Waals surface area contributed by atoms with Crippen molar-refractivity contribution < 1.29 is 0 Å². The molecule has 1 aliphatic carbocycles. The summed E-state index contributed by atoms with van der Waals surface area (Å²) in [7, 11) is 0. The van der Waals surface area contributed by atoms with Crippen LogP contribution in [0, 0.1) is 0 Å². The molecule has 0 N–H and O–H groups in total. The van der Waals surface area contributed by atoms with E-state index in [1.165, 1.54) is 100 Å². The van der Waals surface area contributed by atoms with Gasteiger partial charge in [0, 0.05) is 34.0 Å². The molecule has 2 aliphatic heterocycles. The Labute approximate surface area is 400 Å². The Morgan fingerprint density at radius 2 is 0.866 bits per heavy atom. The number of nitrogens with zero attached hydrogens (tertiary/aromatic N) is 2. The van der Waals surface area contributed by atoms with E-state index in [9.17, 15) is 0 Å². The molecule has 3 heteroatoms. The predicted octanol–water partition coefficient (Wildman–Crippen LogP) is 15.7. The molecule has 0 aromatic heterocycles. The molecule has 0 fully saturated rings. The van der Waals surface area contributed by atoms with Gasteiger partial charge < -0.3 is 9.80 Å². The second-order valence-electron chi connectivity index (χ2n) is 22.9. The third-order valence-electron chi connectivity index (χ3n) is 15.4. The van der Waals surface area contributed by atoms with E-state index in [0.717, 1.165) is 18.5 Å². The van der Waals surface area contributed by atoms with E-state index in [0.29, 0.717) is 0 Å². The quantitative estimate of drug-likeness (QED) is 0.159. The molecule has 0 atom stereocenters. The van der Waals surface area contributed by atoms with Crippen molar-refractivity contribution in [2.24, 2.45) is 0 Å². The topological polar surface area (TPSA) is 6.48 Å². The molecule has 2 heterocycles. The Morgan fingerprint density at radius 1 is 0.388 bits per heavy atom. The van der Waals surface area contributed by atoms with E-state index in [-0.39, 0.29) is 28.4 Å². The number of hydrogen-bond acceptors (Lipinski definition) is 2. The molecule has 332 valence electrons. The molecule has 3 aliphatic rings. The summed E-state index contributed by atoms with van der Waals surface area (Å²) in [5.41, 5.74) is 24.4. The number of rotatable bonds is 5. The normalized spacial score (nSPS) is 15.6. The zero-order chi connectivity index (χ0) is 46.6.